The Labute approximate surface area is 236 Å². The summed E-state index contributed by atoms with van der Waals surface area (Å²) in [5.74, 6) is -5.76. The number of carboxylic acid groups (broad SMARTS) is 2. The molecule has 0 bridgehead atoms. The molecule has 2 aromatic carbocycles. The summed E-state index contributed by atoms with van der Waals surface area (Å²) in [7, 11) is 0. The van der Waals surface area contributed by atoms with E-state index in [4.69, 9.17) is 16.6 Å². The highest BCUT2D eigenvalue weighted by molar-refractivity contribution is 5.94. The summed E-state index contributed by atoms with van der Waals surface area (Å²) < 4.78 is 0. The molecule has 4 atom stereocenters. The molecule has 0 heterocycles. The van der Waals surface area contributed by atoms with Crippen molar-refractivity contribution in [3.63, 3.8) is 0 Å². The summed E-state index contributed by atoms with van der Waals surface area (Å²) in [6.07, 6.45) is -1.19. The highest BCUT2D eigenvalue weighted by Crippen LogP contribution is 2.08. The quantitative estimate of drug-likeness (QED) is 0.130. The van der Waals surface area contributed by atoms with Crippen LogP contribution in [0.3, 0.4) is 0 Å². The Morgan fingerprint density at radius 1 is 0.634 bits per heavy atom. The summed E-state index contributed by atoms with van der Waals surface area (Å²) in [6.45, 7) is 0. The molecule has 2 rings (SSSR count). The van der Waals surface area contributed by atoms with Crippen molar-refractivity contribution in [3.05, 3.63) is 71.8 Å². The zero-order valence-electron chi connectivity index (χ0n) is 22.3. The molecule has 13 heteroatoms. The molecule has 0 saturated heterocycles. The molecule has 220 valence electrons. The van der Waals surface area contributed by atoms with Gasteiger partial charge in [0.25, 0.3) is 0 Å². The maximum absolute atomic E-state index is 13.3. The van der Waals surface area contributed by atoms with Gasteiger partial charge in [-0.15, -0.1) is 0 Å². The predicted octanol–water partition coefficient (Wildman–Crippen LogP) is -0.532. The Bertz CT molecular complexity index is 1210. The third-order valence-corrected chi connectivity index (χ3v) is 6.12. The van der Waals surface area contributed by atoms with Gasteiger partial charge in [0.05, 0.1) is 6.04 Å². The highest BCUT2D eigenvalue weighted by Gasteiger charge is 2.31. The second kappa shape index (κ2) is 16.4. The number of carbonyl (C=O) groups is 6. The SMILES string of the molecule is NC(=O)CCC(NC(=O)C(Cc1ccccc1)NC(=O)C(CCC(=O)O)NC(=O)C(N)Cc1ccccc1)C(=O)O. The molecule has 0 radical (unpaired) electrons. The maximum atomic E-state index is 13.3. The number of rotatable bonds is 17. The molecule has 0 spiro atoms. The number of carbonyl (C=O) groups excluding carboxylic acids is 4. The minimum Gasteiger partial charge on any atom is -0.481 e. The van der Waals surface area contributed by atoms with Crippen LogP contribution in [0.25, 0.3) is 0 Å². The van der Waals surface area contributed by atoms with Crippen molar-refractivity contribution in [2.24, 2.45) is 11.5 Å². The Morgan fingerprint density at radius 2 is 1.10 bits per heavy atom. The van der Waals surface area contributed by atoms with E-state index in [0.29, 0.717) is 5.56 Å². The second-order valence-electron chi connectivity index (χ2n) is 9.45. The van der Waals surface area contributed by atoms with E-state index in [-0.39, 0.29) is 32.1 Å². The molecule has 0 aliphatic carbocycles. The van der Waals surface area contributed by atoms with Gasteiger partial charge < -0.3 is 37.6 Å². The summed E-state index contributed by atoms with van der Waals surface area (Å²) in [5, 5.41) is 25.9. The van der Waals surface area contributed by atoms with Crippen molar-refractivity contribution < 1.29 is 39.0 Å². The number of amides is 4. The van der Waals surface area contributed by atoms with Gasteiger partial charge in [0, 0.05) is 19.3 Å². The first-order valence-electron chi connectivity index (χ1n) is 12.9. The lowest BCUT2D eigenvalue weighted by Gasteiger charge is -2.25. The van der Waals surface area contributed by atoms with E-state index in [1.54, 1.807) is 60.7 Å². The van der Waals surface area contributed by atoms with E-state index >= 15 is 0 Å². The first-order chi connectivity index (χ1) is 19.5. The zero-order valence-corrected chi connectivity index (χ0v) is 22.3. The summed E-state index contributed by atoms with van der Waals surface area (Å²) in [4.78, 5) is 73.3. The van der Waals surface area contributed by atoms with Crippen molar-refractivity contribution in [1.29, 1.82) is 0 Å². The Hall–Kier alpha value is -4.78. The van der Waals surface area contributed by atoms with Gasteiger partial charge in [-0.05, 0) is 30.4 Å². The average molecular weight is 570 g/mol. The van der Waals surface area contributed by atoms with Crippen LogP contribution in [0.2, 0.25) is 0 Å². The maximum Gasteiger partial charge on any atom is 0.326 e. The molecule has 0 aliphatic rings. The minimum absolute atomic E-state index is 0.0479. The Kier molecular flexibility index (Phi) is 12.9. The van der Waals surface area contributed by atoms with Crippen LogP contribution < -0.4 is 27.4 Å². The van der Waals surface area contributed by atoms with Crippen molar-refractivity contribution in [1.82, 2.24) is 16.0 Å². The van der Waals surface area contributed by atoms with Crippen LogP contribution in [0.15, 0.2) is 60.7 Å². The topological polar surface area (TPSA) is 231 Å². The number of hydrogen-bond donors (Lipinski definition) is 7. The van der Waals surface area contributed by atoms with E-state index in [1.807, 2.05) is 0 Å². The van der Waals surface area contributed by atoms with Crippen LogP contribution in [-0.4, -0.2) is 69.9 Å². The number of aliphatic carboxylic acids is 2. The molecule has 0 saturated carbocycles. The van der Waals surface area contributed by atoms with Gasteiger partial charge in [0.15, 0.2) is 0 Å². The average Bonchev–Trinajstić information content (AvgIpc) is 2.93. The van der Waals surface area contributed by atoms with Crippen LogP contribution in [0.5, 0.6) is 0 Å². The fraction of sp³-hybridized carbons (Fsp3) is 0.357. The zero-order chi connectivity index (χ0) is 30.4. The molecule has 2 aromatic rings. The van der Waals surface area contributed by atoms with Crippen LogP contribution in [0, 0.1) is 0 Å². The largest absolute Gasteiger partial charge is 0.481 e. The molecule has 13 nitrogen and oxygen atoms in total. The third kappa shape index (κ3) is 11.9. The van der Waals surface area contributed by atoms with Crippen molar-refractivity contribution in [3.8, 4) is 0 Å². The van der Waals surface area contributed by atoms with Gasteiger partial charge >= 0.3 is 11.9 Å². The number of nitrogens with two attached hydrogens (primary N) is 2. The molecule has 0 aromatic heterocycles. The van der Waals surface area contributed by atoms with Gasteiger partial charge in [0.2, 0.25) is 23.6 Å². The highest BCUT2D eigenvalue weighted by atomic mass is 16.4. The predicted molar refractivity (Wildman–Crippen MR) is 147 cm³/mol. The summed E-state index contributed by atoms with van der Waals surface area (Å²) >= 11 is 0. The smallest absolute Gasteiger partial charge is 0.326 e. The summed E-state index contributed by atoms with van der Waals surface area (Å²) in [5.41, 5.74) is 12.5. The van der Waals surface area contributed by atoms with E-state index in [2.05, 4.69) is 16.0 Å². The third-order valence-electron chi connectivity index (χ3n) is 6.12. The van der Waals surface area contributed by atoms with Gasteiger partial charge in [0.1, 0.15) is 18.1 Å². The standard InChI is InChI=1S/C28H35N5O8/c29-19(15-17-7-3-1-4-8-17)25(37)31-20(12-14-24(35)36)26(38)33-22(16-18-9-5-2-6-10-18)27(39)32-21(28(40)41)11-13-23(30)34/h1-10,19-22H,11-16,29H2,(H2,30,34)(H,31,37)(H,32,39)(H,33,38)(H,35,36)(H,40,41). The molecular formula is C28H35N5O8. The van der Waals surface area contributed by atoms with E-state index in [9.17, 15) is 33.9 Å². The second-order valence-corrected chi connectivity index (χ2v) is 9.45. The lowest BCUT2D eigenvalue weighted by molar-refractivity contribution is -0.142. The molecule has 0 aliphatic heterocycles. The van der Waals surface area contributed by atoms with Crippen molar-refractivity contribution >= 4 is 35.6 Å². The van der Waals surface area contributed by atoms with Crippen molar-refractivity contribution in [2.75, 3.05) is 0 Å². The van der Waals surface area contributed by atoms with Crippen LogP contribution in [0.4, 0.5) is 0 Å². The lowest BCUT2D eigenvalue weighted by Crippen LogP contribution is -2.57. The number of nitrogens with one attached hydrogen (secondary N) is 3. The van der Waals surface area contributed by atoms with E-state index < -0.39 is 66.2 Å². The molecular weight excluding hydrogens is 534 g/mol. The van der Waals surface area contributed by atoms with Gasteiger partial charge in [-0.3, -0.25) is 24.0 Å². The normalized spacial score (nSPS) is 13.6. The Balaban J connectivity index is 2.22. The van der Waals surface area contributed by atoms with Crippen LogP contribution >= 0.6 is 0 Å². The molecule has 41 heavy (non-hydrogen) atoms. The fourth-order valence-electron chi connectivity index (χ4n) is 3.92. The number of carboxylic acids is 2. The monoisotopic (exact) mass is 569 g/mol. The first kappa shape index (κ1) is 32.4. The van der Waals surface area contributed by atoms with Crippen molar-refractivity contribution in [2.45, 2.75) is 62.7 Å². The number of primary amides is 1. The van der Waals surface area contributed by atoms with E-state index in [1.165, 1.54) is 0 Å². The lowest BCUT2D eigenvalue weighted by atomic mass is 10.0. The molecule has 0 fully saturated rings. The van der Waals surface area contributed by atoms with Gasteiger partial charge in [-0.1, -0.05) is 60.7 Å². The van der Waals surface area contributed by atoms with E-state index in [0.717, 1.165) is 5.56 Å². The van der Waals surface area contributed by atoms with Gasteiger partial charge in [-0.25, -0.2) is 4.79 Å². The molecule has 4 amide bonds. The molecule has 4 unspecified atom stereocenters. The van der Waals surface area contributed by atoms with Crippen LogP contribution in [-0.2, 0) is 41.6 Å². The first-order valence-corrected chi connectivity index (χ1v) is 12.9. The Morgan fingerprint density at radius 3 is 1.61 bits per heavy atom. The molecule has 9 N–H and O–H groups in total. The van der Waals surface area contributed by atoms with Crippen LogP contribution in [0.1, 0.15) is 36.8 Å². The minimum atomic E-state index is -1.45. The summed E-state index contributed by atoms with van der Waals surface area (Å²) in [6, 6.07) is 12.3. The number of benzene rings is 2. The van der Waals surface area contributed by atoms with Gasteiger partial charge in [-0.2, -0.15) is 0 Å². The number of hydrogen-bond acceptors (Lipinski definition) is 7. The fourth-order valence-corrected chi connectivity index (χ4v) is 3.92.